The second-order valence-corrected chi connectivity index (χ2v) is 5.11. The van der Waals surface area contributed by atoms with Crippen molar-refractivity contribution in [2.75, 3.05) is 27.2 Å². The summed E-state index contributed by atoms with van der Waals surface area (Å²) < 4.78 is 0. The minimum Gasteiger partial charge on any atom is -0.353 e. The van der Waals surface area contributed by atoms with E-state index < -0.39 is 0 Å². The number of nitrogens with zero attached hydrogens (tertiary/aromatic N) is 4. The zero-order valence-electron chi connectivity index (χ0n) is 12.7. The van der Waals surface area contributed by atoms with Crippen LogP contribution in [0.4, 0.5) is 0 Å². The standard InChI is InChI=1S/C15H19N5O2/c1-19(2)9-8-16-14(21)11-20-17-10-13(18-20)15(22)12-6-4-3-5-7-12/h3-7,10H,8-9,11H2,1-2H3,(H,16,21). The highest BCUT2D eigenvalue weighted by atomic mass is 16.2. The number of ketones is 1. The van der Waals surface area contributed by atoms with Crippen LogP contribution in [0.5, 0.6) is 0 Å². The van der Waals surface area contributed by atoms with Gasteiger partial charge in [0.25, 0.3) is 0 Å². The molecule has 0 bridgehead atoms. The molecule has 1 amide bonds. The lowest BCUT2D eigenvalue weighted by atomic mass is 10.1. The Bertz CT molecular complexity index is 636. The Kier molecular flexibility index (Phi) is 5.37. The summed E-state index contributed by atoms with van der Waals surface area (Å²) in [6.07, 6.45) is 1.38. The monoisotopic (exact) mass is 301 g/mol. The fraction of sp³-hybridized carbons (Fsp3) is 0.333. The summed E-state index contributed by atoms with van der Waals surface area (Å²) in [5.41, 5.74) is 0.775. The molecule has 0 radical (unpaired) electrons. The van der Waals surface area contributed by atoms with Crippen LogP contribution in [0.25, 0.3) is 0 Å². The Hall–Kier alpha value is -2.54. The van der Waals surface area contributed by atoms with Crippen molar-refractivity contribution in [1.29, 1.82) is 0 Å². The molecule has 7 heteroatoms. The maximum Gasteiger partial charge on any atom is 0.243 e. The van der Waals surface area contributed by atoms with Gasteiger partial charge in [0.05, 0.1) is 6.20 Å². The minimum absolute atomic E-state index is 0.00447. The van der Waals surface area contributed by atoms with Gasteiger partial charge in [-0.25, -0.2) is 0 Å². The number of amides is 1. The van der Waals surface area contributed by atoms with Gasteiger partial charge in [0.15, 0.2) is 5.69 Å². The van der Waals surface area contributed by atoms with E-state index in [0.29, 0.717) is 12.1 Å². The van der Waals surface area contributed by atoms with Crippen LogP contribution in [-0.4, -0.2) is 58.8 Å². The summed E-state index contributed by atoms with van der Waals surface area (Å²) in [7, 11) is 3.87. The minimum atomic E-state index is -0.208. The topological polar surface area (TPSA) is 80.1 Å². The molecule has 1 N–H and O–H groups in total. The second-order valence-electron chi connectivity index (χ2n) is 5.11. The Labute approximate surface area is 128 Å². The third-order valence-corrected chi connectivity index (χ3v) is 2.97. The second kappa shape index (κ2) is 7.46. The predicted octanol–water partition coefficient (Wildman–Crippen LogP) is 0.187. The molecule has 7 nitrogen and oxygen atoms in total. The summed E-state index contributed by atoms with van der Waals surface area (Å²) in [6, 6.07) is 8.85. The first kappa shape index (κ1) is 15.8. The van der Waals surface area contributed by atoms with Crippen LogP contribution in [0.1, 0.15) is 16.1 Å². The number of nitrogens with one attached hydrogen (secondary N) is 1. The van der Waals surface area contributed by atoms with Gasteiger partial charge in [0.2, 0.25) is 11.7 Å². The summed E-state index contributed by atoms with van der Waals surface area (Å²) in [4.78, 5) is 27.1. The van der Waals surface area contributed by atoms with Gasteiger partial charge in [-0.1, -0.05) is 30.3 Å². The van der Waals surface area contributed by atoms with E-state index in [9.17, 15) is 9.59 Å². The largest absolute Gasteiger partial charge is 0.353 e. The first-order chi connectivity index (χ1) is 10.6. The molecule has 1 aromatic heterocycles. The normalized spacial score (nSPS) is 10.7. The fourth-order valence-corrected chi connectivity index (χ4v) is 1.82. The number of hydrogen-bond donors (Lipinski definition) is 1. The number of hydrogen-bond acceptors (Lipinski definition) is 5. The molecule has 1 heterocycles. The molecule has 1 aromatic carbocycles. The molecule has 0 aliphatic rings. The molecule has 0 fully saturated rings. The highest BCUT2D eigenvalue weighted by molar-refractivity contribution is 6.07. The van der Waals surface area contributed by atoms with Crippen molar-refractivity contribution in [3.05, 3.63) is 47.8 Å². The molecule has 2 rings (SSSR count). The highest BCUT2D eigenvalue weighted by Crippen LogP contribution is 2.06. The smallest absolute Gasteiger partial charge is 0.243 e. The maximum atomic E-state index is 12.2. The summed E-state index contributed by atoms with van der Waals surface area (Å²) in [6.45, 7) is 1.31. The van der Waals surface area contributed by atoms with E-state index in [1.54, 1.807) is 24.3 Å². The van der Waals surface area contributed by atoms with Gasteiger partial charge in [0, 0.05) is 18.7 Å². The molecule has 0 aliphatic carbocycles. The highest BCUT2D eigenvalue weighted by Gasteiger charge is 2.14. The lowest BCUT2D eigenvalue weighted by Crippen LogP contribution is -2.34. The van der Waals surface area contributed by atoms with Crippen LogP contribution in [0.15, 0.2) is 36.5 Å². The lowest BCUT2D eigenvalue weighted by molar-refractivity contribution is -0.122. The van der Waals surface area contributed by atoms with Gasteiger partial charge < -0.3 is 10.2 Å². The Morgan fingerprint density at radius 1 is 1.23 bits per heavy atom. The molecule has 0 atom stereocenters. The van der Waals surface area contributed by atoms with Crippen LogP contribution >= 0.6 is 0 Å². The quantitative estimate of drug-likeness (QED) is 0.738. The number of benzene rings is 1. The summed E-state index contributed by atoms with van der Waals surface area (Å²) in [5, 5.41) is 10.8. The zero-order valence-corrected chi connectivity index (χ0v) is 12.7. The van der Waals surface area contributed by atoms with Crippen molar-refractivity contribution >= 4 is 11.7 Å². The number of carbonyl (C=O) groups excluding carboxylic acids is 2. The Balaban J connectivity index is 1.91. The van der Waals surface area contributed by atoms with Crippen molar-refractivity contribution < 1.29 is 9.59 Å². The molecule has 0 saturated carbocycles. The van der Waals surface area contributed by atoms with Crippen LogP contribution in [0, 0.1) is 0 Å². The molecule has 116 valence electrons. The third-order valence-electron chi connectivity index (χ3n) is 2.97. The molecule has 22 heavy (non-hydrogen) atoms. The van der Waals surface area contributed by atoms with Crippen molar-refractivity contribution in [2.45, 2.75) is 6.54 Å². The average molecular weight is 301 g/mol. The molecular formula is C15H19N5O2. The van der Waals surface area contributed by atoms with Crippen molar-refractivity contribution in [3.8, 4) is 0 Å². The van der Waals surface area contributed by atoms with E-state index in [1.165, 1.54) is 11.0 Å². The molecule has 2 aromatic rings. The Morgan fingerprint density at radius 3 is 2.64 bits per heavy atom. The van der Waals surface area contributed by atoms with E-state index in [4.69, 9.17) is 0 Å². The van der Waals surface area contributed by atoms with Crippen LogP contribution < -0.4 is 5.32 Å². The van der Waals surface area contributed by atoms with Gasteiger partial charge in [-0.15, -0.1) is 5.10 Å². The van der Waals surface area contributed by atoms with E-state index in [-0.39, 0.29) is 23.9 Å². The van der Waals surface area contributed by atoms with Crippen LogP contribution in [-0.2, 0) is 11.3 Å². The van der Waals surface area contributed by atoms with E-state index in [1.807, 2.05) is 25.1 Å². The fourth-order valence-electron chi connectivity index (χ4n) is 1.82. The number of rotatable bonds is 7. The van der Waals surface area contributed by atoms with Gasteiger partial charge >= 0.3 is 0 Å². The van der Waals surface area contributed by atoms with E-state index >= 15 is 0 Å². The van der Waals surface area contributed by atoms with E-state index in [2.05, 4.69) is 15.5 Å². The van der Waals surface area contributed by atoms with Crippen molar-refractivity contribution in [2.24, 2.45) is 0 Å². The van der Waals surface area contributed by atoms with Crippen LogP contribution in [0.2, 0.25) is 0 Å². The SMILES string of the molecule is CN(C)CCNC(=O)Cn1ncc(C(=O)c2ccccc2)n1. The molecule has 0 aliphatic heterocycles. The Morgan fingerprint density at radius 2 is 1.95 bits per heavy atom. The van der Waals surface area contributed by atoms with E-state index in [0.717, 1.165) is 6.54 Å². The maximum absolute atomic E-state index is 12.2. The summed E-state index contributed by atoms with van der Waals surface area (Å²) >= 11 is 0. The predicted molar refractivity (Wildman–Crippen MR) is 81.5 cm³/mol. The lowest BCUT2D eigenvalue weighted by Gasteiger charge is -2.09. The number of likely N-dealkylation sites (N-methyl/N-ethyl adjacent to an activating group) is 1. The zero-order chi connectivity index (χ0) is 15.9. The number of aromatic nitrogens is 3. The third kappa shape index (κ3) is 4.49. The van der Waals surface area contributed by atoms with Gasteiger partial charge in [-0.3, -0.25) is 9.59 Å². The van der Waals surface area contributed by atoms with Crippen molar-refractivity contribution in [3.63, 3.8) is 0 Å². The van der Waals surface area contributed by atoms with Crippen LogP contribution in [0.3, 0.4) is 0 Å². The van der Waals surface area contributed by atoms with Gasteiger partial charge in [0.1, 0.15) is 6.54 Å². The summed E-state index contributed by atoms with van der Waals surface area (Å²) in [5.74, 6) is -0.393. The average Bonchev–Trinajstić information content (AvgIpc) is 2.95. The number of carbonyl (C=O) groups is 2. The molecule has 0 unspecified atom stereocenters. The molecular weight excluding hydrogens is 282 g/mol. The van der Waals surface area contributed by atoms with Gasteiger partial charge in [-0.05, 0) is 14.1 Å². The molecule has 0 spiro atoms. The first-order valence-electron chi connectivity index (χ1n) is 6.97. The molecule has 0 saturated heterocycles. The van der Waals surface area contributed by atoms with Crippen molar-refractivity contribution in [1.82, 2.24) is 25.2 Å². The first-order valence-corrected chi connectivity index (χ1v) is 6.97. The van der Waals surface area contributed by atoms with Gasteiger partial charge in [-0.2, -0.15) is 9.90 Å².